The van der Waals surface area contributed by atoms with Crippen LogP contribution in [-0.4, -0.2) is 6.21 Å². The van der Waals surface area contributed by atoms with Crippen molar-refractivity contribution in [3.8, 4) is 0 Å². The van der Waals surface area contributed by atoms with Crippen molar-refractivity contribution >= 4 is 22.1 Å². The lowest BCUT2D eigenvalue weighted by molar-refractivity contribution is -0.374. The number of hydrogen-bond acceptors (Lipinski definition) is 0. The van der Waals surface area contributed by atoms with Crippen molar-refractivity contribution < 1.29 is 4.99 Å². The molecule has 0 radical (unpaired) electrons. The summed E-state index contributed by atoms with van der Waals surface area (Å²) < 4.78 is 0.884. The Bertz CT molecular complexity index is 144. The molecular weight excluding hydrogens is 154 g/mol. The maximum Gasteiger partial charge on any atom is 0.390 e. The van der Waals surface area contributed by atoms with Crippen LogP contribution in [0.15, 0.2) is 16.8 Å². The second-order valence-electron chi connectivity index (χ2n) is 1.13. The third-order valence-electron chi connectivity index (χ3n) is 0.613. The Hall–Kier alpha value is -0.460. The number of nitrogens with one attached hydrogen (secondary N) is 1. The zero-order valence-corrected chi connectivity index (χ0v) is 5.20. The summed E-state index contributed by atoms with van der Waals surface area (Å²) in [6.07, 6.45) is 8.44. The highest BCUT2D eigenvalue weighted by Gasteiger charge is 2.02. The molecule has 1 N–H and O–H groups in total. The molecule has 0 aromatic rings. The molecule has 1 heterocycles. The van der Waals surface area contributed by atoms with Crippen molar-refractivity contribution in [2.24, 2.45) is 0 Å². The van der Waals surface area contributed by atoms with E-state index in [1.807, 2.05) is 18.4 Å². The maximum atomic E-state index is 3.20. The molecule has 1 aliphatic heterocycles. The van der Waals surface area contributed by atoms with E-state index in [0.717, 1.165) is 4.61 Å². The van der Waals surface area contributed by atoms with Gasteiger partial charge in [0.1, 0.15) is 6.08 Å². The van der Waals surface area contributed by atoms with Gasteiger partial charge in [0.05, 0.1) is 15.9 Å². The van der Waals surface area contributed by atoms with Crippen LogP contribution in [0.2, 0.25) is 0 Å². The van der Waals surface area contributed by atoms with Crippen molar-refractivity contribution in [2.75, 3.05) is 0 Å². The van der Waals surface area contributed by atoms with Crippen LogP contribution < -0.4 is 4.99 Å². The first kappa shape index (κ1) is 4.69. The van der Waals surface area contributed by atoms with E-state index in [1.54, 1.807) is 0 Å². The Balaban J connectivity index is 2.82. The van der Waals surface area contributed by atoms with E-state index in [-0.39, 0.29) is 0 Å². The number of allylic oxidation sites excluding steroid dienone is 3. The summed E-state index contributed by atoms with van der Waals surface area (Å²) in [6.45, 7) is 0. The number of hydrogen-bond donors (Lipinski definition) is 1. The topological polar surface area (TPSA) is 14.0 Å². The second-order valence-corrected chi connectivity index (χ2v) is 1.92. The molecule has 0 aromatic heterocycles. The van der Waals surface area contributed by atoms with Gasteiger partial charge < -0.3 is 0 Å². The minimum Gasteiger partial charge on any atom is -0.162 e. The Morgan fingerprint density at radius 3 is 2.86 bits per heavy atom. The Morgan fingerprint density at radius 1 is 1.71 bits per heavy atom. The lowest BCUT2D eigenvalue weighted by atomic mass is 10.4. The fourth-order valence-electron chi connectivity index (χ4n) is 0.332. The molecule has 2 heteroatoms. The molecule has 0 aliphatic carbocycles. The van der Waals surface area contributed by atoms with E-state index in [2.05, 4.69) is 27.0 Å². The van der Waals surface area contributed by atoms with Crippen LogP contribution in [0.3, 0.4) is 0 Å². The van der Waals surface area contributed by atoms with Gasteiger partial charge in [0.15, 0.2) is 12.2 Å². The van der Waals surface area contributed by atoms with Crippen LogP contribution in [0.4, 0.5) is 0 Å². The molecule has 0 spiro atoms. The van der Waals surface area contributed by atoms with E-state index < -0.39 is 0 Å². The molecule has 0 amide bonds. The molecule has 0 saturated heterocycles. The van der Waals surface area contributed by atoms with Crippen LogP contribution in [0.5, 0.6) is 0 Å². The molecule has 0 bridgehead atoms. The molecule has 1 nitrogen and oxygen atoms in total. The van der Waals surface area contributed by atoms with Crippen molar-refractivity contribution in [3.05, 3.63) is 22.8 Å². The van der Waals surface area contributed by atoms with Gasteiger partial charge >= 0.3 is 4.61 Å². The molecule has 7 heavy (non-hydrogen) atoms. The number of rotatable bonds is 0. The predicted molar refractivity (Wildman–Crippen MR) is 31.8 cm³/mol. The average Bonchev–Trinajstić information content (AvgIpc) is 1.69. The van der Waals surface area contributed by atoms with Gasteiger partial charge in [0.2, 0.25) is 0 Å². The van der Waals surface area contributed by atoms with Gasteiger partial charge in [-0.05, 0) is 0 Å². The van der Waals surface area contributed by atoms with Crippen LogP contribution in [0.25, 0.3) is 0 Å². The highest BCUT2D eigenvalue weighted by Crippen LogP contribution is 1.90. The third kappa shape index (κ3) is 1.22. The van der Waals surface area contributed by atoms with Crippen molar-refractivity contribution in [1.82, 2.24) is 0 Å². The summed E-state index contributed by atoms with van der Waals surface area (Å²) in [4.78, 5) is 2.89. The summed E-state index contributed by atoms with van der Waals surface area (Å²) in [5.41, 5.74) is 0. The zero-order valence-electron chi connectivity index (χ0n) is 3.61. The van der Waals surface area contributed by atoms with Gasteiger partial charge in [-0.25, -0.2) is 0 Å². The lowest BCUT2D eigenvalue weighted by Crippen LogP contribution is -2.65. The minimum atomic E-state index is 0.884. The Kier molecular flexibility index (Phi) is 1.35. The Morgan fingerprint density at radius 2 is 2.57 bits per heavy atom. The van der Waals surface area contributed by atoms with E-state index in [4.69, 9.17) is 0 Å². The first-order valence-electron chi connectivity index (χ1n) is 1.93. The first-order chi connectivity index (χ1) is 3.39. The standard InChI is InChI=1S/C5H3BrN/c6-5-3-1-2-4-7-5/h1-2,4H/q+1/p+1. The molecule has 1 rings (SSSR count). The molecular formula is C5H4BrN+2. The smallest absolute Gasteiger partial charge is 0.162 e. The summed E-state index contributed by atoms with van der Waals surface area (Å²) in [6, 6.07) is 0. The second kappa shape index (κ2) is 2.01. The van der Waals surface area contributed by atoms with Crippen LogP contribution in [0.1, 0.15) is 0 Å². The molecule has 0 aromatic carbocycles. The van der Waals surface area contributed by atoms with E-state index >= 15 is 0 Å². The largest absolute Gasteiger partial charge is 0.390 e. The molecule has 0 atom stereocenters. The van der Waals surface area contributed by atoms with Gasteiger partial charge in [-0.2, -0.15) is 4.99 Å². The predicted octanol–water partition coefficient (Wildman–Crippen LogP) is -0.253. The van der Waals surface area contributed by atoms with Gasteiger partial charge in [0, 0.05) is 0 Å². The fraction of sp³-hybridized carbons (Fsp3) is 0. The highest BCUT2D eigenvalue weighted by molar-refractivity contribution is 9.11. The first-order valence-corrected chi connectivity index (χ1v) is 2.73. The van der Waals surface area contributed by atoms with Crippen molar-refractivity contribution in [3.63, 3.8) is 0 Å². The summed E-state index contributed by atoms with van der Waals surface area (Å²) >= 11 is 3.20. The average molecular weight is 158 g/mol. The van der Waals surface area contributed by atoms with Gasteiger partial charge in [0.25, 0.3) is 6.21 Å². The fourth-order valence-corrected chi connectivity index (χ4v) is 0.597. The number of halogens is 1. The highest BCUT2D eigenvalue weighted by atomic mass is 79.9. The summed E-state index contributed by atoms with van der Waals surface area (Å²) in [5, 5.41) is 0. The quantitative estimate of drug-likeness (QED) is 0.369. The van der Waals surface area contributed by atoms with Crippen molar-refractivity contribution in [1.29, 1.82) is 0 Å². The van der Waals surface area contributed by atoms with Gasteiger partial charge in [-0.15, -0.1) is 0 Å². The van der Waals surface area contributed by atoms with Crippen LogP contribution >= 0.6 is 15.9 Å². The van der Waals surface area contributed by atoms with E-state index in [0.29, 0.717) is 0 Å². The monoisotopic (exact) mass is 157 g/mol. The van der Waals surface area contributed by atoms with Crippen molar-refractivity contribution in [2.45, 2.75) is 0 Å². The minimum absolute atomic E-state index is 0.884. The SMILES string of the molecule is BrC1=[C+]C=CC=[NH+]1. The summed E-state index contributed by atoms with van der Waals surface area (Å²) in [5.74, 6) is 0. The molecule has 0 fully saturated rings. The molecule has 34 valence electrons. The van der Waals surface area contributed by atoms with Crippen LogP contribution in [-0.2, 0) is 0 Å². The summed E-state index contributed by atoms with van der Waals surface area (Å²) in [7, 11) is 0. The Labute approximate surface area is 50.6 Å². The van der Waals surface area contributed by atoms with E-state index in [9.17, 15) is 0 Å². The van der Waals surface area contributed by atoms with Gasteiger partial charge in [-0.1, -0.05) is 0 Å². The van der Waals surface area contributed by atoms with E-state index in [1.165, 1.54) is 0 Å². The third-order valence-corrected chi connectivity index (χ3v) is 1.07. The molecule has 1 aliphatic rings. The lowest BCUT2D eigenvalue weighted by Gasteiger charge is -1.67. The maximum absolute atomic E-state index is 3.20. The van der Waals surface area contributed by atoms with Gasteiger partial charge in [-0.3, -0.25) is 0 Å². The normalized spacial score (nSPS) is 15.9. The molecule has 0 unspecified atom stereocenters. The molecule has 0 saturated carbocycles. The zero-order chi connectivity index (χ0) is 5.11. The van der Waals surface area contributed by atoms with Crippen LogP contribution in [0, 0.1) is 6.08 Å².